The zero-order valence-electron chi connectivity index (χ0n) is 40.3. The maximum atomic E-state index is 15.1. The van der Waals surface area contributed by atoms with Gasteiger partial charge in [-0.3, -0.25) is 14.4 Å². The lowest BCUT2D eigenvalue weighted by Crippen LogP contribution is -2.14. The largest absolute Gasteiger partial charge is 0.504 e. The number of unbranched alkanes of at least 4 members (excludes halogenated alkanes) is 18. The highest BCUT2D eigenvalue weighted by molar-refractivity contribution is 7.99. The van der Waals surface area contributed by atoms with Crippen LogP contribution in [0.2, 0.25) is 0 Å². The number of phenols is 2. The Balaban J connectivity index is 1.56. The maximum Gasteiger partial charge on any atom is 0.207 e. The maximum absolute atomic E-state index is 15.1. The van der Waals surface area contributed by atoms with Gasteiger partial charge >= 0.3 is 0 Å². The van der Waals surface area contributed by atoms with E-state index >= 15 is 9.59 Å². The lowest BCUT2D eigenvalue weighted by molar-refractivity contribution is -0.111. The molecular weight excluding hydrogens is 857 g/mol. The summed E-state index contributed by atoms with van der Waals surface area (Å²) in [4.78, 5) is 44.7. The molecule has 2 N–H and O–H groups in total. The van der Waals surface area contributed by atoms with Crippen LogP contribution in [-0.4, -0.2) is 55.9 Å². The number of hydrogen-bond acceptors (Lipinski definition) is 11. The Morgan fingerprint density at radius 1 is 0.492 bits per heavy atom. The molecule has 0 heterocycles. The molecule has 0 unspecified atom stereocenters. The molecule has 354 valence electrons. The number of methoxy groups -OCH3 is 4. The minimum Gasteiger partial charge on any atom is -0.504 e. The van der Waals surface area contributed by atoms with Gasteiger partial charge in [-0.05, 0) is 50.0 Å². The highest BCUT2D eigenvalue weighted by atomic mass is 32.2. The number of hydrogen-bond donors (Lipinski definition) is 2. The number of fused-ring (bicyclic) bond motifs is 1. The number of rotatable bonds is 29. The number of aromatic hydroxyl groups is 2. The third kappa shape index (κ3) is 9.98. The Morgan fingerprint density at radius 3 is 1.25 bits per heavy atom. The van der Waals surface area contributed by atoms with Gasteiger partial charge in [-0.1, -0.05) is 135 Å². The van der Waals surface area contributed by atoms with E-state index in [1.807, 2.05) is 6.92 Å². The van der Waals surface area contributed by atoms with Crippen LogP contribution < -0.4 is 29.8 Å². The van der Waals surface area contributed by atoms with E-state index in [-0.39, 0.29) is 51.4 Å². The second kappa shape index (κ2) is 23.6. The summed E-state index contributed by atoms with van der Waals surface area (Å²) in [6.45, 7) is 7.77. The van der Waals surface area contributed by atoms with E-state index in [2.05, 4.69) is 13.8 Å². The predicted molar refractivity (Wildman–Crippen MR) is 273 cm³/mol. The number of ketones is 1. The monoisotopic (exact) mass is 928 g/mol. The predicted octanol–water partition coefficient (Wildman–Crippen LogP) is 14.3. The summed E-state index contributed by atoms with van der Waals surface area (Å²) in [6, 6.07) is 0. The molecule has 0 radical (unpaired) electrons. The number of ether oxygens (including phenoxy) is 4. The van der Waals surface area contributed by atoms with Gasteiger partial charge in [0.25, 0.3) is 0 Å². The van der Waals surface area contributed by atoms with Crippen LogP contribution in [-0.2, 0) is 11.2 Å². The molecule has 65 heavy (non-hydrogen) atoms. The van der Waals surface area contributed by atoms with Gasteiger partial charge in [0.05, 0.1) is 49.0 Å². The molecule has 0 saturated heterocycles. The Bertz CT molecular complexity index is 2620. The van der Waals surface area contributed by atoms with Crippen LogP contribution in [0.3, 0.4) is 0 Å². The summed E-state index contributed by atoms with van der Waals surface area (Å²) in [6.07, 6.45) is 23.9. The van der Waals surface area contributed by atoms with Crippen LogP contribution in [0.15, 0.2) is 25.0 Å². The number of allylic oxidation sites excluding steroid dienone is 2. The summed E-state index contributed by atoms with van der Waals surface area (Å²) in [5, 5.41) is 27.5. The molecule has 1 aliphatic rings. The molecule has 0 saturated carbocycles. The van der Waals surface area contributed by atoms with Crippen LogP contribution in [0, 0.1) is 0 Å². The first-order chi connectivity index (χ1) is 31.6. The van der Waals surface area contributed by atoms with E-state index in [1.54, 1.807) is 7.11 Å². The van der Waals surface area contributed by atoms with Crippen molar-refractivity contribution in [1.29, 1.82) is 0 Å². The van der Waals surface area contributed by atoms with Crippen molar-refractivity contribution in [3.05, 3.63) is 37.1 Å². The Morgan fingerprint density at radius 2 is 0.862 bits per heavy atom. The zero-order valence-corrected chi connectivity index (χ0v) is 42.0. The second-order valence-corrected chi connectivity index (χ2v) is 20.2. The normalized spacial score (nSPS) is 12.7. The van der Waals surface area contributed by atoms with E-state index in [0.29, 0.717) is 87.4 Å². The van der Waals surface area contributed by atoms with Crippen molar-refractivity contribution in [3.63, 3.8) is 0 Å². The summed E-state index contributed by atoms with van der Waals surface area (Å²) in [5.41, 5.74) is 1.03. The van der Waals surface area contributed by atoms with E-state index in [0.717, 1.165) is 38.5 Å². The molecule has 0 aliphatic heterocycles. The first-order valence-corrected chi connectivity index (χ1v) is 26.3. The van der Waals surface area contributed by atoms with Crippen LogP contribution in [0.1, 0.15) is 167 Å². The summed E-state index contributed by atoms with van der Waals surface area (Å²) < 4.78 is 24.6. The summed E-state index contributed by atoms with van der Waals surface area (Å²) in [5.74, 6) is 1.10. The standard InChI is InChI=1S/C54H72O9S2/c1-9-11-13-15-17-19-21-23-25-27-29-64-53-47(58)43-38-36-34(49(60-5)45(43)56)31-32(3)35(33(4)55)40-37(36)39-42(41(38)51(53)62-7)52(63-8)54(48(59)44(39)46(57)50(40)61-6)65-30-28-26-24-22-20-18-16-14-12-10-2/h56-57H,9-31H2,1-8H3. The number of benzene rings is 5. The summed E-state index contributed by atoms with van der Waals surface area (Å²) in [7, 11) is 5.95. The van der Waals surface area contributed by atoms with Gasteiger partial charge in [-0.15, -0.1) is 23.5 Å². The van der Waals surface area contributed by atoms with Gasteiger partial charge in [-0.25, -0.2) is 0 Å². The van der Waals surface area contributed by atoms with Gasteiger partial charge in [0.2, 0.25) is 10.9 Å². The van der Waals surface area contributed by atoms with Crippen molar-refractivity contribution in [2.24, 2.45) is 0 Å². The van der Waals surface area contributed by atoms with Crippen LogP contribution in [0.5, 0.6) is 34.5 Å². The van der Waals surface area contributed by atoms with Gasteiger partial charge in [0.1, 0.15) is 11.5 Å². The van der Waals surface area contributed by atoms with E-state index < -0.39 is 5.43 Å². The fourth-order valence-corrected chi connectivity index (χ4v) is 12.6. The average molecular weight is 929 g/mol. The fourth-order valence-electron chi connectivity index (χ4n) is 10.4. The SMILES string of the molecule is CCCCCCCCCCCCSc1c(OC)c2c3c(OC)c(SCCCCCCCCCCCC)c(=O)c4c(O)c(OC)c5c(c6c(c(OC)c(O)c(c1=O)c62)CC(C)=C5C(C)=O)c43. The van der Waals surface area contributed by atoms with Gasteiger partial charge in [0.15, 0.2) is 28.8 Å². The number of carbonyl (C=O) groups is 1. The molecule has 0 amide bonds. The van der Waals surface area contributed by atoms with Crippen molar-refractivity contribution in [3.8, 4) is 34.5 Å². The van der Waals surface area contributed by atoms with Crippen LogP contribution >= 0.6 is 23.5 Å². The number of Topliss-reactive ketones (excluding diaryl/α,β-unsaturated/α-hetero) is 1. The second-order valence-electron chi connectivity index (χ2n) is 17.9. The topological polar surface area (TPSA) is 129 Å². The van der Waals surface area contributed by atoms with Crippen molar-refractivity contribution < 1.29 is 34.0 Å². The molecule has 6 rings (SSSR count). The smallest absolute Gasteiger partial charge is 0.207 e. The van der Waals surface area contributed by atoms with Crippen molar-refractivity contribution in [1.82, 2.24) is 0 Å². The third-order valence-electron chi connectivity index (χ3n) is 13.5. The van der Waals surface area contributed by atoms with Gasteiger partial charge in [0, 0.05) is 43.6 Å². The number of phenolic OH excluding ortho intramolecular Hbond substituents is 2. The lowest BCUT2D eigenvalue weighted by atomic mass is 9.82. The minimum atomic E-state index is -0.410. The third-order valence-corrected chi connectivity index (χ3v) is 15.8. The molecule has 0 atom stereocenters. The molecule has 5 aromatic rings. The molecule has 0 spiro atoms. The molecule has 11 heteroatoms. The molecule has 5 aromatic carbocycles. The van der Waals surface area contributed by atoms with Crippen LogP contribution in [0.4, 0.5) is 0 Å². The molecule has 0 bridgehead atoms. The average Bonchev–Trinajstić information content (AvgIpc) is 3.42. The highest BCUT2D eigenvalue weighted by Gasteiger charge is 2.38. The Labute approximate surface area is 394 Å². The quantitative estimate of drug-likeness (QED) is 0.0206. The molecule has 9 nitrogen and oxygen atoms in total. The van der Waals surface area contributed by atoms with Crippen molar-refractivity contribution in [2.75, 3.05) is 39.9 Å². The molecule has 0 fully saturated rings. The van der Waals surface area contributed by atoms with E-state index in [1.165, 1.54) is 142 Å². The minimum absolute atomic E-state index is 0.00890. The van der Waals surface area contributed by atoms with E-state index in [4.69, 9.17) is 18.9 Å². The van der Waals surface area contributed by atoms with Crippen LogP contribution in [0.25, 0.3) is 48.7 Å². The lowest BCUT2D eigenvalue weighted by Gasteiger charge is -2.25. The zero-order chi connectivity index (χ0) is 46.8. The Kier molecular flexibility index (Phi) is 18.3. The Hall–Kier alpha value is -4.09. The fraction of sp³-hybridized carbons (Fsp3) is 0.574. The van der Waals surface area contributed by atoms with Crippen molar-refractivity contribution in [2.45, 2.75) is 172 Å². The highest BCUT2D eigenvalue weighted by Crippen LogP contribution is 2.60. The molecule has 1 aliphatic carbocycles. The van der Waals surface area contributed by atoms with Gasteiger partial charge in [-0.2, -0.15) is 0 Å². The molecule has 0 aromatic heterocycles. The van der Waals surface area contributed by atoms with E-state index in [9.17, 15) is 15.0 Å². The first-order valence-electron chi connectivity index (χ1n) is 24.4. The molecular formula is C54H72O9S2. The number of carbonyl (C=O) groups excluding carboxylic acids is 1. The first kappa shape index (κ1) is 50.3. The van der Waals surface area contributed by atoms with Gasteiger partial charge < -0.3 is 29.2 Å². The summed E-state index contributed by atoms with van der Waals surface area (Å²) >= 11 is 2.82. The number of thioether (sulfide) groups is 2. The van der Waals surface area contributed by atoms with Crippen molar-refractivity contribution >= 4 is 78.0 Å².